The Hall–Kier alpha value is -1.23. The number of nitrogens with zero attached hydrogens (tertiary/aromatic N) is 3. The van der Waals surface area contributed by atoms with Crippen LogP contribution >= 0.6 is 0 Å². The predicted molar refractivity (Wildman–Crippen MR) is 61.9 cm³/mol. The van der Waals surface area contributed by atoms with Crippen LogP contribution in [-0.2, 0) is 17.8 Å². The van der Waals surface area contributed by atoms with Crippen molar-refractivity contribution in [2.75, 3.05) is 0 Å². The zero-order valence-electron chi connectivity index (χ0n) is 10.2. The third kappa shape index (κ3) is 2.88. The van der Waals surface area contributed by atoms with E-state index < -0.39 is 5.54 Å². The number of hydrogen-bond acceptors (Lipinski definition) is 4. The lowest BCUT2D eigenvalue weighted by Crippen LogP contribution is -2.45. The Bertz CT molecular complexity index is 357. The van der Waals surface area contributed by atoms with Crippen molar-refractivity contribution in [3.05, 3.63) is 12.2 Å². The van der Waals surface area contributed by atoms with Crippen molar-refractivity contribution in [1.29, 1.82) is 0 Å². The standard InChI is InChI=1S/C11H20N4O/c1-4-6-15-10(13-8-14-15)7-9(16)11(3,12)5-2/h8H,4-7,12H2,1-3H3. The van der Waals surface area contributed by atoms with E-state index in [9.17, 15) is 4.79 Å². The average molecular weight is 224 g/mol. The minimum absolute atomic E-state index is 0.0142. The van der Waals surface area contributed by atoms with E-state index in [4.69, 9.17) is 5.73 Å². The first-order chi connectivity index (χ1) is 7.51. The van der Waals surface area contributed by atoms with Crippen LogP contribution in [0.25, 0.3) is 0 Å². The fourth-order valence-electron chi connectivity index (χ4n) is 1.37. The molecule has 0 spiro atoms. The van der Waals surface area contributed by atoms with Gasteiger partial charge in [0.15, 0.2) is 5.78 Å². The zero-order valence-corrected chi connectivity index (χ0v) is 10.2. The molecule has 0 aliphatic carbocycles. The van der Waals surface area contributed by atoms with Gasteiger partial charge in [0.05, 0.1) is 12.0 Å². The average Bonchev–Trinajstić information content (AvgIpc) is 2.66. The van der Waals surface area contributed by atoms with Gasteiger partial charge in [0.2, 0.25) is 0 Å². The summed E-state index contributed by atoms with van der Waals surface area (Å²) in [5.74, 6) is 0.720. The van der Waals surface area contributed by atoms with Crippen LogP contribution in [0.15, 0.2) is 6.33 Å². The second-order valence-electron chi connectivity index (χ2n) is 4.27. The van der Waals surface area contributed by atoms with E-state index in [1.807, 2.05) is 6.92 Å². The molecule has 0 aliphatic rings. The van der Waals surface area contributed by atoms with E-state index >= 15 is 0 Å². The smallest absolute Gasteiger partial charge is 0.159 e. The minimum atomic E-state index is -0.761. The topological polar surface area (TPSA) is 73.8 Å². The van der Waals surface area contributed by atoms with Gasteiger partial charge < -0.3 is 5.73 Å². The van der Waals surface area contributed by atoms with Crippen molar-refractivity contribution in [3.63, 3.8) is 0 Å². The molecule has 0 bridgehead atoms. The third-order valence-corrected chi connectivity index (χ3v) is 2.82. The summed E-state index contributed by atoms with van der Waals surface area (Å²) in [7, 11) is 0. The summed E-state index contributed by atoms with van der Waals surface area (Å²) >= 11 is 0. The van der Waals surface area contributed by atoms with Crippen molar-refractivity contribution < 1.29 is 4.79 Å². The molecule has 1 rings (SSSR count). The summed E-state index contributed by atoms with van der Waals surface area (Å²) in [5.41, 5.74) is 5.13. The fourth-order valence-corrected chi connectivity index (χ4v) is 1.37. The van der Waals surface area contributed by atoms with Crippen LogP contribution in [0.1, 0.15) is 39.4 Å². The Morgan fingerprint density at radius 2 is 2.25 bits per heavy atom. The molecule has 0 saturated heterocycles. The van der Waals surface area contributed by atoms with E-state index in [1.165, 1.54) is 6.33 Å². The highest BCUT2D eigenvalue weighted by molar-refractivity contribution is 5.88. The molecule has 5 heteroatoms. The molecule has 2 N–H and O–H groups in total. The predicted octanol–water partition coefficient (Wildman–Crippen LogP) is 0.927. The minimum Gasteiger partial charge on any atom is -0.319 e. The number of hydrogen-bond donors (Lipinski definition) is 1. The van der Waals surface area contributed by atoms with E-state index in [1.54, 1.807) is 11.6 Å². The highest BCUT2D eigenvalue weighted by Gasteiger charge is 2.27. The third-order valence-electron chi connectivity index (χ3n) is 2.82. The van der Waals surface area contributed by atoms with Gasteiger partial charge in [-0.25, -0.2) is 9.67 Å². The van der Waals surface area contributed by atoms with Gasteiger partial charge in [0.25, 0.3) is 0 Å². The van der Waals surface area contributed by atoms with E-state index in [-0.39, 0.29) is 12.2 Å². The number of carbonyl (C=O) groups excluding carboxylic acids is 1. The number of nitrogens with two attached hydrogens (primary N) is 1. The lowest BCUT2D eigenvalue weighted by molar-refractivity contribution is -0.123. The Labute approximate surface area is 96.0 Å². The van der Waals surface area contributed by atoms with Crippen molar-refractivity contribution >= 4 is 5.78 Å². The molecule has 0 fully saturated rings. The van der Waals surface area contributed by atoms with Crippen LogP contribution in [0.3, 0.4) is 0 Å². The largest absolute Gasteiger partial charge is 0.319 e. The first kappa shape index (κ1) is 12.8. The van der Waals surface area contributed by atoms with Crippen LogP contribution in [0.5, 0.6) is 0 Å². The molecule has 1 atom stereocenters. The molecule has 0 aliphatic heterocycles. The molecule has 5 nitrogen and oxygen atoms in total. The van der Waals surface area contributed by atoms with Crippen LogP contribution in [0, 0.1) is 0 Å². The number of carbonyl (C=O) groups is 1. The van der Waals surface area contributed by atoms with Gasteiger partial charge in [-0.05, 0) is 19.8 Å². The molecular weight excluding hydrogens is 204 g/mol. The lowest BCUT2D eigenvalue weighted by atomic mass is 9.92. The number of Topliss-reactive ketones (excluding diaryl/α,β-unsaturated/α-hetero) is 1. The Morgan fingerprint density at radius 1 is 1.56 bits per heavy atom. The summed E-state index contributed by atoms with van der Waals surface area (Å²) in [5, 5.41) is 4.08. The summed E-state index contributed by atoms with van der Waals surface area (Å²) in [6.45, 7) is 6.52. The highest BCUT2D eigenvalue weighted by Crippen LogP contribution is 2.10. The summed E-state index contributed by atoms with van der Waals surface area (Å²) in [6.07, 6.45) is 3.35. The zero-order chi connectivity index (χ0) is 12.2. The van der Waals surface area contributed by atoms with Crippen molar-refractivity contribution in [2.24, 2.45) is 5.73 Å². The lowest BCUT2D eigenvalue weighted by Gasteiger charge is -2.20. The van der Waals surface area contributed by atoms with E-state index in [0.29, 0.717) is 12.2 Å². The molecule has 90 valence electrons. The SMILES string of the molecule is CCCn1ncnc1CC(=O)C(C)(N)CC. The van der Waals surface area contributed by atoms with Crippen LogP contribution in [0.4, 0.5) is 0 Å². The highest BCUT2D eigenvalue weighted by atomic mass is 16.1. The van der Waals surface area contributed by atoms with Gasteiger partial charge in [-0.3, -0.25) is 4.79 Å². The molecule has 1 heterocycles. The van der Waals surface area contributed by atoms with Gasteiger partial charge in [0, 0.05) is 6.54 Å². The fraction of sp³-hybridized carbons (Fsp3) is 0.727. The first-order valence-electron chi connectivity index (χ1n) is 5.70. The second-order valence-corrected chi connectivity index (χ2v) is 4.27. The molecule has 16 heavy (non-hydrogen) atoms. The normalized spacial score (nSPS) is 14.8. The number of rotatable bonds is 6. The Kier molecular flexibility index (Phi) is 4.18. The van der Waals surface area contributed by atoms with E-state index in [2.05, 4.69) is 17.0 Å². The second kappa shape index (κ2) is 5.21. The van der Waals surface area contributed by atoms with Crippen LogP contribution < -0.4 is 5.73 Å². The Morgan fingerprint density at radius 3 is 2.81 bits per heavy atom. The maximum absolute atomic E-state index is 11.9. The van der Waals surface area contributed by atoms with Gasteiger partial charge in [0.1, 0.15) is 12.2 Å². The quantitative estimate of drug-likeness (QED) is 0.780. The molecular formula is C11H20N4O. The summed E-state index contributed by atoms with van der Waals surface area (Å²) < 4.78 is 1.77. The summed E-state index contributed by atoms with van der Waals surface area (Å²) in [4.78, 5) is 16.0. The van der Waals surface area contributed by atoms with E-state index in [0.717, 1.165) is 13.0 Å². The molecule has 1 unspecified atom stereocenters. The Balaban J connectivity index is 2.73. The molecule has 0 saturated carbocycles. The summed E-state index contributed by atoms with van der Waals surface area (Å²) in [6, 6.07) is 0. The molecule has 1 aromatic rings. The van der Waals surface area contributed by atoms with Crippen LogP contribution in [-0.4, -0.2) is 26.1 Å². The van der Waals surface area contributed by atoms with Crippen molar-refractivity contribution in [1.82, 2.24) is 14.8 Å². The van der Waals surface area contributed by atoms with Gasteiger partial charge in [-0.15, -0.1) is 0 Å². The number of ketones is 1. The molecule has 1 aromatic heterocycles. The number of aromatic nitrogens is 3. The van der Waals surface area contributed by atoms with Crippen LogP contribution in [0.2, 0.25) is 0 Å². The van der Waals surface area contributed by atoms with Gasteiger partial charge in [-0.1, -0.05) is 13.8 Å². The van der Waals surface area contributed by atoms with Crippen molar-refractivity contribution in [3.8, 4) is 0 Å². The first-order valence-corrected chi connectivity index (χ1v) is 5.70. The molecule has 0 aromatic carbocycles. The monoisotopic (exact) mass is 224 g/mol. The van der Waals surface area contributed by atoms with Gasteiger partial charge in [-0.2, -0.15) is 5.10 Å². The number of aryl methyl sites for hydroxylation is 1. The molecule has 0 amide bonds. The van der Waals surface area contributed by atoms with Gasteiger partial charge >= 0.3 is 0 Å². The van der Waals surface area contributed by atoms with Crippen molar-refractivity contribution in [2.45, 2.75) is 52.1 Å². The maximum atomic E-state index is 11.9. The molecule has 0 radical (unpaired) electrons. The maximum Gasteiger partial charge on any atom is 0.159 e.